The van der Waals surface area contributed by atoms with Crippen molar-refractivity contribution in [3.8, 4) is 5.75 Å². The van der Waals surface area contributed by atoms with Crippen LogP contribution >= 0.6 is 11.6 Å². The summed E-state index contributed by atoms with van der Waals surface area (Å²) in [6.07, 6.45) is 0.151. The van der Waals surface area contributed by atoms with E-state index in [-0.39, 0.29) is 17.9 Å². The molecule has 0 fully saturated rings. The number of halogens is 1. The van der Waals surface area contributed by atoms with Crippen LogP contribution in [0.3, 0.4) is 0 Å². The number of nitrogens with one attached hydrogen (secondary N) is 1. The number of aromatic hydroxyl groups is 1. The Morgan fingerprint density at radius 1 is 1.10 bits per heavy atom. The molecule has 0 bridgehead atoms. The van der Waals surface area contributed by atoms with Gasteiger partial charge in [-0.15, -0.1) is 0 Å². The number of carbonyl (C=O) groups is 2. The van der Waals surface area contributed by atoms with Crippen LogP contribution in [0, 0.1) is 0 Å². The van der Waals surface area contributed by atoms with E-state index >= 15 is 0 Å². The first-order valence-corrected chi connectivity index (χ1v) is 6.44. The molecule has 0 aliphatic carbocycles. The molecule has 0 spiro atoms. The molecule has 1 amide bonds. The molecule has 0 unspecified atom stereocenters. The van der Waals surface area contributed by atoms with Crippen LogP contribution in [0.1, 0.15) is 15.9 Å². The number of phenols is 1. The summed E-state index contributed by atoms with van der Waals surface area (Å²) < 4.78 is 0. The van der Waals surface area contributed by atoms with Crippen LogP contribution in [0.4, 0.5) is 5.69 Å². The zero-order valence-corrected chi connectivity index (χ0v) is 11.6. The predicted octanol–water partition coefficient (Wildman–Crippen LogP) is 2.93. The van der Waals surface area contributed by atoms with Gasteiger partial charge in [-0.25, -0.2) is 4.79 Å². The highest BCUT2D eigenvalue weighted by atomic mass is 35.5. The Morgan fingerprint density at radius 2 is 1.76 bits per heavy atom. The molecule has 2 rings (SSSR count). The van der Waals surface area contributed by atoms with Crippen molar-refractivity contribution >= 4 is 29.2 Å². The number of aromatic carboxylic acids is 1. The van der Waals surface area contributed by atoms with Gasteiger partial charge in [-0.3, -0.25) is 4.79 Å². The Bertz CT molecular complexity index is 683. The van der Waals surface area contributed by atoms with Crippen molar-refractivity contribution < 1.29 is 19.8 Å². The number of carbonyl (C=O) groups excluding carboxylic acids is 1. The maximum Gasteiger partial charge on any atom is 0.339 e. The second-order valence-corrected chi connectivity index (χ2v) is 4.82. The van der Waals surface area contributed by atoms with E-state index in [1.54, 1.807) is 24.3 Å². The predicted molar refractivity (Wildman–Crippen MR) is 78.9 cm³/mol. The Hall–Kier alpha value is -2.53. The molecule has 0 saturated carbocycles. The topological polar surface area (TPSA) is 86.6 Å². The maximum absolute atomic E-state index is 11.9. The quantitative estimate of drug-likeness (QED) is 0.810. The summed E-state index contributed by atoms with van der Waals surface area (Å²) in [7, 11) is 0. The number of rotatable bonds is 4. The Morgan fingerprint density at radius 3 is 2.33 bits per heavy atom. The first kappa shape index (κ1) is 14.9. The SMILES string of the molecule is O=C(Cc1ccc(Cl)cc1)Nc1ccc(C(=O)O)c(O)c1. The monoisotopic (exact) mass is 305 g/mol. The van der Waals surface area contributed by atoms with E-state index in [9.17, 15) is 14.7 Å². The van der Waals surface area contributed by atoms with Crippen molar-refractivity contribution in [3.05, 3.63) is 58.6 Å². The molecule has 108 valence electrons. The smallest absolute Gasteiger partial charge is 0.339 e. The lowest BCUT2D eigenvalue weighted by Gasteiger charge is -2.07. The summed E-state index contributed by atoms with van der Waals surface area (Å²) in [5, 5.41) is 21.5. The van der Waals surface area contributed by atoms with Crippen molar-refractivity contribution in [2.45, 2.75) is 6.42 Å². The molecule has 0 heterocycles. The minimum atomic E-state index is -1.23. The van der Waals surface area contributed by atoms with Gasteiger partial charge in [0.1, 0.15) is 11.3 Å². The first-order valence-electron chi connectivity index (χ1n) is 6.06. The zero-order chi connectivity index (χ0) is 15.4. The molecule has 21 heavy (non-hydrogen) atoms. The molecule has 0 saturated heterocycles. The van der Waals surface area contributed by atoms with E-state index in [4.69, 9.17) is 16.7 Å². The molecule has 2 aromatic rings. The van der Waals surface area contributed by atoms with Crippen molar-refractivity contribution in [1.82, 2.24) is 0 Å². The maximum atomic E-state index is 11.9. The van der Waals surface area contributed by atoms with Gasteiger partial charge in [-0.05, 0) is 29.8 Å². The van der Waals surface area contributed by atoms with Gasteiger partial charge in [0.05, 0.1) is 6.42 Å². The Balaban J connectivity index is 2.04. The van der Waals surface area contributed by atoms with Crippen LogP contribution in [0.15, 0.2) is 42.5 Å². The summed E-state index contributed by atoms with van der Waals surface area (Å²) in [6, 6.07) is 10.7. The lowest BCUT2D eigenvalue weighted by molar-refractivity contribution is -0.115. The van der Waals surface area contributed by atoms with E-state index in [0.29, 0.717) is 10.7 Å². The zero-order valence-electron chi connectivity index (χ0n) is 10.8. The van der Waals surface area contributed by atoms with E-state index < -0.39 is 11.7 Å². The van der Waals surface area contributed by atoms with Gasteiger partial charge in [0.25, 0.3) is 0 Å². The summed E-state index contributed by atoms with van der Waals surface area (Å²) in [6.45, 7) is 0. The van der Waals surface area contributed by atoms with Crippen LogP contribution in [0.5, 0.6) is 5.75 Å². The normalized spacial score (nSPS) is 10.1. The lowest BCUT2D eigenvalue weighted by Crippen LogP contribution is -2.14. The van der Waals surface area contributed by atoms with Gasteiger partial charge in [-0.1, -0.05) is 23.7 Å². The second-order valence-electron chi connectivity index (χ2n) is 4.39. The number of carboxylic acids is 1. The third-order valence-corrected chi connectivity index (χ3v) is 3.04. The van der Waals surface area contributed by atoms with E-state index in [2.05, 4.69) is 5.32 Å². The summed E-state index contributed by atoms with van der Waals surface area (Å²) >= 11 is 5.76. The molecule has 2 aromatic carbocycles. The fraction of sp³-hybridized carbons (Fsp3) is 0.0667. The third kappa shape index (κ3) is 3.97. The molecule has 0 radical (unpaired) electrons. The van der Waals surface area contributed by atoms with Crippen LogP contribution in [-0.4, -0.2) is 22.1 Å². The fourth-order valence-corrected chi connectivity index (χ4v) is 1.91. The molecular formula is C15H12ClNO4. The van der Waals surface area contributed by atoms with Gasteiger partial charge in [0, 0.05) is 16.8 Å². The van der Waals surface area contributed by atoms with Crippen LogP contribution in [-0.2, 0) is 11.2 Å². The van der Waals surface area contributed by atoms with Crippen LogP contribution in [0.2, 0.25) is 5.02 Å². The highest BCUT2D eigenvalue weighted by Gasteiger charge is 2.11. The molecule has 0 aliphatic rings. The first-order chi connectivity index (χ1) is 9.95. The van der Waals surface area contributed by atoms with Gasteiger partial charge < -0.3 is 15.5 Å². The molecule has 0 aliphatic heterocycles. The molecule has 3 N–H and O–H groups in total. The minimum Gasteiger partial charge on any atom is -0.507 e. The largest absolute Gasteiger partial charge is 0.507 e. The number of hydrogen-bond donors (Lipinski definition) is 3. The van der Waals surface area contributed by atoms with E-state index in [1.165, 1.54) is 18.2 Å². The van der Waals surface area contributed by atoms with Crippen molar-refractivity contribution in [2.24, 2.45) is 0 Å². The van der Waals surface area contributed by atoms with Crippen molar-refractivity contribution in [1.29, 1.82) is 0 Å². The van der Waals surface area contributed by atoms with E-state index in [1.807, 2.05) is 0 Å². The fourth-order valence-electron chi connectivity index (χ4n) is 1.78. The minimum absolute atomic E-state index is 0.151. The highest BCUT2D eigenvalue weighted by molar-refractivity contribution is 6.30. The third-order valence-electron chi connectivity index (χ3n) is 2.79. The Labute approximate surface area is 125 Å². The Kier molecular flexibility index (Phi) is 4.45. The summed E-state index contributed by atoms with van der Waals surface area (Å²) in [5.41, 5.74) is 0.908. The molecule has 5 nitrogen and oxygen atoms in total. The number of hydrogen-bond acceptors (Lipinski definition) is 3. The average Bonchev–Trinajstić information content (AvgIpc) is 2.41. The molecule has 6 heteroatoms. The second kappa shape index (κ2) is 6.28. The number of amides is 1. The van der Waals surface area contributed by atoms with Gasteiger partial charge in [0.2, 0.25) is 5.91 Å². The molecular weight excluding hydrogens is 294 g/mol. The van der Waals surface area contributed by atoms with Gasteiger partial charge >= 0.3 is 5.97 Å². The number of carboxylic acid groups (broad SMARTS) is 1. The standard InChI is InChI=1S/C15H12ClNO4/c16-10-3-1-9(2-4-10)7-14(19)17-11-5-6-12(15(20)21)13(18)8-11/h1-6,8,18H,7H2,(H,17,19)(H,20,21). The lowest BCUT2D eigenvalue weighted by atomic mass is 10.1. The molecule has 0 aromatic heterocycles. The van der Waals surface area contributed by atoms with Crippen LogP contribution < -0.4 is 5.32 Å². The average molecular weight is 306 g/mol. The summed E-state index contributed by atoms with van der Waals surface area (Å²) in [4.78, 5) is 22.6. The van der Waals surface area contributed by atoms with Crippen LogP contribution in [0.25, 0.3) is 0 Å². The number of anilines is 1. The van der Waals surface area contributed by atoms with Crippen molar-refractivity contribution in [3.63, 3.8) is 0 Å². The summed E-state index contributed by atoms with van der Waals surface area (Å²) in [5.74, 6) is -1.90. The van der Waals surface area contributed by atoms with E-state index in [0.717, 1.165) is 5.56 Å². The van der Waals surface area contributed by atoms with Crippen molar-refractivity contribution in [2.75, 3.05) is 5.32 Å². The molecule has 0 atom stereocenters. The van der Waals surface area contributed by atoms with Gasteiger partial charge in [0.15, 0.2) is 0 Å². The highest BCUT2D eigenvalue weighted by Crippen LogP contribution is 2.22. The number of benzene rings is 2. The van der Waals surface area contributed by atoms with Gasteiger partial charge in [-0.2, -0.15) is 0 Å².